The molecule has 2 amide bonds. The van der Waals surface area contributed by atoms with Gasteiger partial charge in [0.05, 0.1) is 11.1 Å². The van der Waals surface area contributed by atoms with Crippen molar-refractivity contribution in [2.75, 3.05) is 0 Å². The van der Waals surface area contributed by atoms with Crippen molar-refractivity contribution in [2.24, 2.45) is 11.7 Å². The molecule has 1 saturated heterocycles. The minimum atomic E-state index is -0.774. The van der Waals surface area contributed by atoms with Gasteiger partial charge in [0.2, 0.25) is 12.1 Å². The number of amides is 2. The predicted octanol–water partition coefficient (Wildman–Crippen LogP) is 2.31. The summed E-state index contributed by atoms with van der Waals surface area (Å²) >= 11 is 5.89. The Morgan fingerprint density at radius 1 is 1.31 bits per heavy atom. The molecule has 0 unspecified atom stereocenters. The third-order valence-electron chi connectivity index (χ3n) is 6.97. The number of benzene rings is 1. The number of Topliss-reactive ketones (excluding diaryl/α,β-unsaturated/α-hetero) is 1. The van der Waals surface area contributed by atoms with Gasteiger partial charge in [0, 0.05) is 23.9 Å². The number of rotatable bonds is 7. The van der Waals surface area contributed by atoms with E-state index in [1.165, 1.54) is 29.2 Å². The van der Waals surface area contributed by atoms with E-state index in [0.717, 1.165) is 6.42 Å². The summed E-state index contributed by atoms with van der Waals surface area (Å²) in [5.41, 5.74) is 6.03. The maximum atomic E-state index is 14.4. The van der Waals surface area contributed by atoms with Crippen LogP contribution in [0.1, 0.15) is 48.2 Å². The van der Waals surface area contributed by atoms with Crippen LogP contribution in [0.3, 0.4) is 0 Å². The van der Waals surface area contributed by atoms with Crippen LogP contribution in [0.4, 0.5) is 4.39 Å². The minimum absolute atomic E-state index is 0.00175. The molecule has 2 aliphatic rings. The monoisotopic (exact) mass is 499 g/mol. The molecule has 3 heterocycles. The van der Waals surface area contributed by atoms with Crippen molar-refractivity contribution in [3.05, 3.63) is 64.0 Å². The highest BCUT2D eigenvalue weighted by Gasteiger charge is 2.55. The molecule has 1 aliphatic heterocycles. The minimum Gasteiger partial charge on any atom is -0.619 e. The van der Waals surface area contributed by atoms with Crippen molar-refractivity contribution in [2.45, 2.75) is 50.7 Å². The molecule has 1 aliphatic carbocycles. The Hall–Kier alpha value is -3.53. The summed E-state index contributed by atoms with van der Waals surface area (Å²) in [6.45, 7) is 1.51. The number of carbonyl (C=O) groups is 3. The van der Waals surface area contributed by atoms with Crippen molar-refractivity contribution in [1.82, 2.24) is 14.7 Å². The molecule has 182 valence electrons. The number of pyridine rings is 1. The number of halogens is 2. The second-order valence-electron chi connectivity index (χ2n) is 9.30. The number of hydrogen-bond donors (Lipinski definition) is 1. The number of aromatic nitrogens is 3. The van der Waals surface area contributed by atoms with E-state index in [1.54, 1.807) is 24.0 Å². The summed E-state index contributed by atoms with van der Waals surface area (Å²) in [5.74, 6) is -1.94. The van der Waals surface area contributed by atoms with Gasteiger partial charge in [-0.3, -0.25) is 14.4 Å². The van der Waals surface area contributed by atoms with E-state index in [9.17, 15) is 24.0 Å². The van der Waals surface area contributed by atoms with Crippen LogP contribution in [0.15, 0.2) is 36.7 Å². The highest BCUT2D eigenvalue weighted by atomic mass is 35.5. The first kappa shape index (κ1) is 23.2. The molecule has 0 bridgehead atoms. The fourth-order valence-corrected chi connectivity index (χ4v) is 5.35. The second-order valence-corrected chi connectivity index (χ2v) is 9.71. The maximum Gasteiger partial charge on any atom is 0.269 e. The van der Waals surface area contributed by atoms with Gasteiger partial charge in [0.1, 0.15) is 17.9 Å². The lowest BCUT2D eigenvalue weighted by Gasteiger charge is -2.27. The van der Waals surface area contributed by atoms with Gasteiger partial charge in [0.25, 0.3) is 5.91 Å². The quantitative estimate of drug-likeness (QED) is 0.394. The summed E-state index contributed by atoms with van der Waals surface area (Å²) in [7, 11) is 0. The van der Waals surface area contributed by atoms with Crippen LogP contribution in [-0.4, -0.2) is 44.4 Å². The standard InChI is InChI=1S/C24H23ClFN5O4/c1-12(14-3-2-4-16(25)22(14)26)7-20(32)18-9-13-8-17(13)31(18)21(33)11-30-19-10-29(35)6-5-15(19)23(28-30)24(27)34/h2-6,10,12-13,17-18H,7-9,11H2,1H3,(H2,27,34)/t12-,13+,17+,18-/m0/s1. The number of nitrogens with two attached hydrogens (primary N) is 1. The van der Waals surface area contributed by atoms with E-state index in [1.807, 2.05) is 0 Å². The largest absolute Gasteiger partial charge is 0.619 e. The van der Waals surface area contributed by atoms with Gasteiger partial charge >= 0.3 is 0 Å². The molecule has 35 heavy (non-hydrogen) atoms. The molecule has 2 fully saturated rings. The number of fused-ring (bicyclic) bond motifs is 2. The molecule has 4 atom stereocenters. The number of likely N-dealkylation sites (tertiary alicyclic amines) is 1. The van der Waals surface area contributed by atoms with E-state index >= 15 is 0 Å². The van der Waals surface area contributed by atoms with Crippen LogP contribution in [0.5, 0.6) is 0 Å². The zero-order chi connectivity index (χ0) is 25.0. The molecule has 5 rings (SSSR count). The third-order valence-corrected chi connectivity index (χ3v) is 7.26. The third kappa shape index (κ3) is 4.12. The number of nitrogens with zero attached hydrogens (tertiary/aromatic N) is 4. The van der Waals surface area contributed by atoms with Crippen LogP contribution in [0.25, 0.3) is 10.9 Å². The van der Waals surface area contributed by atoms with Gasteiger partial charge < -0.3 is 15.8 Å². The Balaban J connectivity index is 1.36. The van der Waals surface area contributed by atoms with E-state index < -0.39 is 23.7 Å². The first-order valence-corrected chi connectivity index (χ1v) is 11.7. The van der Waals surface area contributed by atoms with Gasteiger partial charge in [-0.1, -0.05) is 30.7 Å². The molecular weight excluding hydrogens is 477 g/mol. The molecule has 2 aromatic heterocycles. The van der Waals surface area contributed by atoms with Gasteiger partial charge in [-0.2, -0.15) is 9.83 Å². The Bertz CT molecular complexity index is 1380. The maximum absolute atomic E-state index is 14.4. The fraction of sp³-hybridized carbons (Fsp3) is 0.375. The van der Waals surface area contributed by atoms with Crippen LogP contribution < -0.4 is 10.5 Å². The van der Waals surface area contributed by atoms with E-state index in [-0.39, 0.29) is 47.3 Å². The number of piperidine rings is 1. The number of hydrogen-bond acceptors (Lipinski definition) is 5. The molecule has 2 N–H and O–H groups in total. The number of ketones is 1. The van der Waals surface area contributed by atoms with Gasteiger partial charge in [-0.15, -0.1) is 0 Å². The zero-order valence-electron chi connectivity index (χ0n) is 18.9. The van der Waals surface area contributed by atoms with E-state index in [4.69, 9.17) is 17.3 Å². The van der Waals surface area contributed by atoms with Crippen molar-refractivity contribution in [3.63, 3.8) is 0 Å². The van der Waals surface area contributed by atoms with E-state index in [2.05, 4.69) is 5.10 Å². The lowest BCUT2D eigenvalue weighted by Crippen LogP contribution is -2.45. The molecule has 0 radical (unpaired) electrons. The summed E-state index contributed by atoms with van der Waals surface area (Å²) in [4.78, 5) is 40.0. The molecule has 9 nitrogen and oxygen atoms in total. The number of carbonyl (C=O) groups excluding carboxylic acids is 3. The van der Waals surface area contributed by atoms with Crippen molar-refractivity contribution >= 4 is 40.1 Å². The Labute approximate surface area is 204 Å². The lowest BCUT2D eigenvalue weighted by atomic mass is 9.91. The van der Waals surface area contributed by atoms with E-state index in [0.29, 0.717) is 27.6 Å². The Kier molecular flexibility index (Phi) is 5.71. The predicted molar refractivity (Wildman–Crippen MR) is 124 cm³/mol. The summed E-state index contributed by atoms with van der Waals surface area (Å²) in [6.07, 6.45) is 3.89. The first-order valence-electron chi connectivity index (χ1n) is 11.3. The molecule has 1 aromatic carbocycles. The Morgan fingerprint density at radius 3 is 2.83 bits per heavy atom. The van der Waals surface area contributed by atoms with Crippen molar-refractivity contribution < 1.29 is 23.5 Å². The van der Waals surface area contributed by atoms with Gasteiger partial charge in [0.15, 0.2) is 17.7 Å². The summed E-state index contributed by atoms with van der Waals surface area (Å²) in [6, 6.07) is 5.48. The topological polar surface area (TPSA) is 125 Å². The average Bonchev–Trinajstić information content (AvgIpc) is 3.32. The zero-order valence-corrected chi connectivity index (χ0v) is 19.6. The van der Waals surface area contributed by atoms with Crippen LogP contribution >= 0.6 is 11.6 Å². The normalized spacial score (nSPS) is 21.7. The van der Waals surface area contributed by atoms with Crippen molar-refractivity contribution in [1.29, 1.82) is 0 Å². The molecule has 11 heteroatoms. The lowest BCUT2D eigenvalue weighted by molar-refractivity contribution is -0.604. The van der Waals surface area contributed by atoms with Gasteiger partial charge in [-0.05, 0) is 36.3 Å². The summed E-state index contributed by atoms with van der Waals surface area (Å²) < 4.78 is 16.3. The van der Waals surface area contributed by atoms with Gasteiger partial charge in [-0.25, -0.2) is 9.07 Å². The fourth-order valence-electron chi connectivity index (χ4n) is 5.16. The number of primary amides is 1. The van der Waals surface area contributed by atoms with Crippen molar-refractivity contribution in [3.8, 4) is 0 Å². The average molecular weight is 500 g/mol. The summed E-state index contributed by atoms with van der Waals surface area (Å²) in [5, 5.41) is 16.3. The highest BCUT2D eigenvalue weighted by Crippen LogP contribution is 2.48. The van der Waals surface area contributed by atoms with Crippen LogP contribution in [-0.2, 0) is 16.1 Å². The Morgan fingerprint density at radius 2 is 2.09 bits per heavy atom. The molecular formula is C24H23ClFN5O4. The molecule has 0 spiro atoms. The van der Waals surface area contributed by atoms with Crippen LogP contribution in [0.2, 0.25) is 5.02 Å². The SMILES string of the molecule is C[C@@H](CC(=O)[C@@H]1C[C@H]2C[C@H]2N1C(=O)Cn1nc(C(N)=O)c2cc[n+]([O-])cc21)c1cccc(Cl)c1F. The molecule has 1 saturated carbocycles. The smallest absolute Gasteiger partial charge is 0.269 e. The van der Waals surface area contributed by atoms with Crippen LogP contribution in [0, 0.1) is 16.9 Å². The molecule has 3 aromatic rings. The highest BCUT2D eigenvalue weighted by molar-refractivity contribution is 6.30. The second kappa shape index (κ2) is 8.60. The first-order chi connectivity index (χ1) is 16.7.